The molecule has 1 saturated carbocycles. The van der Waals surface area contributed by atoms with Gasteiger partial charge >= 0.3 is 0 Å². The fourth-order valence-electron chi connectivity index (χ4n) is 4.90. The van der Waals surface area contributed by atoms with Gasteiger partial charge in [-0.1, -0.05) is 20.8 Å². The van der Waals surface area contributed by atoms with Gasteiger partial charge in [0.2, 0.25) is 0 Å². The predicted molar refractivity (Wildman–Crippen MR) is 128 cm³/mol. The molecule has 1 aromatic heterocycles. The second-order valence-electron chi connectivity index (χ2n) is 10.1. The van der Waals surface area contributed by atoms with Crippen LogP contribution < -0.4 is 4.74 Å². The van der Waals surface area contributed by atoms with Gasteiger partial charge in [0.25, 0.3) is 5.91 Å². The maximum absolute atomic E-state index is 13.3. The van der Waals surface area contributed by atoms with Crippen molar-refractivity contribution in [3.8, 4) is 5.75 Å². The number of ether oxygens (including phenoxy) is 5. The van der Waals surface area contributed by atoms with Gasteiger partial charge < -0.3 is 28.6 Å². The second-order valence-corrected chi connectivity index (χ2v) is 10.1. The Morgan fingerprint density at radius 3 is 2.62 bits per heavy atom. The molecule has 0 radical (unpaired) electrons. The molecule has 8 nitrogen and oxygen atoms in total. The van der Waals surface area contributed by atoms with Gasteiger partial charge in [0.1, 0.15) is 19.3 Å². The summed E-state index contributed by atoms with van der Waals surface area (Å²) >= 11 is 0. The summed E-state index contributed by atoms with van der Waals surface area (Å²) in [7, 11) is 3.15. The predicted octanol–water partition coefficient (Wildman–Crippen LogP) is 3.82. The Bertz CT molecular complexity index is 767. The number of carbonyl (C=O) groups excluding carboxylic acids is 1. The minimum Gasteiger partial charge on any atom is -0.490 e. The number of nitrogens with zero attached hydrogens (tertiary/aromatic N) is 2. The smallest absolute Gasteiger partial charge is 0.259 e. The molecule has 1 aliphatic carbocycles. The van der Waals surface area contributed by atoms with Crippen molar-refractivity contribution in [1.82, 2.24) is 9.88 Å². The Morgan fingerprint density at radius 1 is 1.18 bits per heavy atom. The molecular formula is C26H42N2O6. The maximum Gasteiger partial charge on any atom is 0.259 e. The molecular weight excluding hydrogens is 436 g/mol. The summed E-state index contributed by atoms with van der Waals surface area (Å²) in [5.41, 5.74) is -0.307. The van der Waals surface area contributed by atoms with E-state index in [1.807, 2.05) is 12.1 Å². The molecule has 2 atom stereocenters. The first-order chi connectivity index (χ1) is 16.4. The topological polar surface area (TPSA) is 79.4 Å². The fraction of sp³-hybridized carbons (Fsp3) is 0.769. The Balaban J connectivity index is 1.74. The second kappa shape index (κ2) is 12.8. The molecule has 1 saturated heterocycles. The Morgan fingerprint density at radius 2 is 1.94 bits per heavy atom. The average Bonchev–Trinajstić information content (AvgIpc) is 2.82. The number of β-lactam (4-membered cyclic amide) rings is 1. The molecule has 34 heavy (non-hydrogen) atoms. The lowest BCUT2D eigenvalue weighted by Gasteiger charge is -2.55. The van der Waals surface area contributed by atoms with Gasteiger partial charge in [0.05, 0.1) is 12.1 Å². The van der Waals surface area contributed by atoms with Gasteiger partial charge in [-0.3, -0.25) is 9.78 Å². The molecule has 0 N–H and O–H groups in total. The average molecular weight is 479 g/mol. The third kappa shape index (κ3) is 6.68. The molecule has 0 unspecified atom stereocenters. The van der Waals surface area contributed by atoms with E-state index in [4.69, 9.17) is 23.7 Å². The highest BCUT2D eigenvalue weighted by Gasteiger charge is 2.61. The number of likely N-dealkylation sites (tertiary alicyclic amines) is 1. The highest BCUT2D eigenvalue weighted by molar-refractivity contribution is 5.93. The quantitative estimate of drug-likeness (QED) is 0.228. The van der Waals surface area contributed by atoms with Crippen LogP contribution in [0.4, 0.5) is 0 Å². The van der Waals surface area contributed by atoms with E-state index < -0.39 is 5.60 Å². The summed E-state index contributed by atoms with van der Waals surface area (Å²) in [5.74, 6) is 1.90. The third-order valence-electron chi connectivity index (χ3n) is 6.72. The number of hydrogen-bond acceptors (Lipinski definition) is 7. The summed E-state index contributed by atoms with van der Waals surface area (Å²) in [4.78, 5) is 19.6. The summed E-state index contributed by atoms with van der Waals surface area (Å²) < 4.78 is 28.7. The van der Waals surface area contributed by atoms with Gasteiger partial charge in [-0.25, -0.2) is 0 Å². The first-order valence-corrected chi connectivity index (χ1v) is 12.5. The molecule has 192 valence electrons. The van der Waals surface area contributed by atoms with Crippen LogP contribution in [-0.4, -0.2) is 74.5 Å². The van der Waals surface area contributed by atoms with Crippen molar-refractivity contribution < 1.29 is 28.5 Å². The molecule has 0 bridgehead atoms. The van der Waals surface area contributed by atoms with Crippen LogP contribution in [0.25, 0.3) is 0 Å². The lowest BCUT2D eigenvalue weighted by atomic mass is 9.77. The van der Waals surface area contributed by atoms with Crippen molar-refractivity contribution in [1.29, 1.82) is 0 Å². The molecule has 1 amide bonds. The van der Waals surface area contributed by atoms with Crippen molar-refractivity contribution in [3.05, 3.63) is 24.0 Å². The Kier molecular flexibility index (Phi) is 10.1. The summed E-state index contributed by atoms with van der Waals surface area (Å²) in [5, 5.41) is 0. The number of rotatable bonds is 14. The minimum absolute atomic E-state index is 0.0202. The van der Waals surface area contributed by atoms with Crippen molar-refractivity contribution >= 4 is 5.91 Å². The van der Waals surface area contributed by atoms with E-state index in [1.54, 1.807) is 25.3 Å². The van der Waals surface area contributed by atoms with Crippen LogP contribution >= 0.6 is 0 Å². The third-order valence-corrected chi connectivity index (χ3v) is 6.72. The maximum atomic E-state index is 13.3. The van der Waals surface area contributed by atoms with E-state index in [-0.39, 0.29) is 31.6 Å². The number of pyridine rings is 1. The lowest BCUT2D eigenvalue weighted by Crippen LogP contribution is -2.76. The van der Waals surface area contributed by atoms with Crippen LogP contribution in [0.3, 0.4) is 0 Å². The van der Waals surface area contributed by atoms with E-state index in [0.29, 0.717) is 32.0 Å². The number of methoxy groups -OCH3 is 2. The highest BCUT2D eigenvalue weighted by atomic mass is 16.7. The van der Waals surface area contributed by atoms with E-state index in [9.17, 15) is 4.79 Å². The Hall–Kier alpha value is -1.74. The summed E-state index contributed by atoms with van der Waals surface area (Å²) in [6, 6.07) is 3.63. The van der Waals surface area contributed by atoms with Crippen molar-refractivity contribution in [3.63, 3.8) is 0 Å². The van der Waals surface area contributed by atoms with Gasteiger partial charge in [-0.2, -0.15) is 0 Å². The molecule has 2 fully saturated rings. The fourth-order valence-corrected chi connectivity index (χ4v) is 4.90. The van der Waals surface area contributed by atoms with Crippen LogP contribution in [0.5, 0.6) is 5.75 Å². The molecule has 8 heteroatoms. The standard InChI is InChI=1S/C26H42N2O6/c1-19(2)16-32-13-11-24-26(33-18-31-5,25(29)28(24)17-30-4)15-21-14-23(10-12-27-21)34-22-8-6-20(3)7-9-22/h10,12,14,19-20,22,24H,6-9,11,13,15-18H2,1-5H3/t20-,22-,24-,26+/m0/s1. The summed E-state index contributed by atoms with van der Waals surface area (Å²) in [6.07, 6.45) is 7.49. The van der Waals surface area contributed by atoms with Crippen molar-refractivity contribution in [2.24, 2.45) is 11.8 Å². The normalized spacial score (nSPS) is 27.2. The van der Waals surface area contributed by atoms with E-state index in [1.165, 1.54) is 12.8 Å². The van der Waals surface area contributed by atoms with E-state index in [2.05, 4.69) is 25.8 Å². The number of aromatic nitrogens is 1. The first kappa shape index (κ1) is 26.9. The monoisotopic (exact) mass is 478 g/mol. The molecule has 3 rings (SSSR count). The van der Waals surface area contributed by atoms with E-state index >= 15 is 0 Å². The number of amides is 1. The Labute approximate surface area is 204 Å². The zero-order valence-electron chi connectivity index (χ0n) is 21.5. The lowest BCUT2D eigenvalue weighted by molar-refractivity contribution is -0.235. The van der Waals surface area contributed by atoms with Crippen LogP contribution in [0.1, 0.15) is 58.6 Å². The highest BCUT2D eigenvalue weighted by Crippen LogP contribution is 2.40. The minimum atomic E-state index is -1.07. The SMILES string of the molecule is COCO[C@@]1(Cc2cc(O[C@H]3CC[C@H](C)CC3)ccn2)C(=O)N(COC)[C@H]1CCOCC(C)C. The largest absolute Gasteiger partial charge is 0.490 e. The zero-order chi connectivity index (χ0) is 24.6. The number of hydrogen-bond donors (Lipinski definition) is 0. The van der Waals surface area contributed by atoms with Gasteiger partial charge in [-0.15, -0.1) is 0 Å². The van der Waals surface area contributed by atoms with Crippen LogP contribution in [0, 0.1) is 11.8 Å². The summed E-state index contributed by atoms with van der Waals surface area (Å²) in [6.45, 7) is 7.97. The molecule has 1 aliphatic heterocycles. The van der Waals surface area contributed by atoms with Crippen LogP contribution in [0.15, 0.2) is 18.3 Å². The number of carbonyl (C=O) groups is 1. The molecule has 2 heterocycles. The molecule has 1 aromatic rings. The van der Waals surface area contributed by atoms with Gasteiger partial charge in [-0.05, 0) is 50.0 Å². The van der Waals surface area contributed by atoms with Crippen molar-refractivity contribution in [2.75, 3.05) is 41.0 Å². The van der Waals surface area contributed by atoms with Gasteiger partial charge in [0.15, 0.2) is 5.60 Å². The van der Waals surface area contributed by atoms with Crippen LogP contribution in [-0.2, 0) is 30.2 Å². The first-order valence-electron chi connectivity index (χ1n) is 12.5. The molecule has 2 aliphatic rings. The van der Waals surface area contributed by atoms with Gasteiger partial charge in [0, 0.05) is 51.8 Å². The van der Waals surface area contributed by atoms with Crippen molar-refractivity contribution in [2.45, 2.75) is 77.0 Å². The molecule has 0 aromatic carbocycles. The van der Waals surface area contributed by atoms with E-state index in [0.717, 1.165) is 30.2 Å². The van der Waals surface area contributed by atoms with Crippen LogP contribution in [0.2, 0.25) is 0 Å². The molecule has 0 spiro atoms. The zero-order valence-corrected chi connectivity index (χ0v) is 21.5.